The van der Waals surface area contributed by atoms with Crippen molar-refractivity contribution in [1.82, 2.24) is 19.5 Å². The van der Waals surface area contributed by atoms with E-state index >= 15 is 0 Å². The molecule has 19 heavy (non-hydrogen) atoms. The number of nitrogens with zero attached hydrogens (tertiary/aromatic N) is 5. The number of ether oxygens (including phenoxy) is 1. The van der Waals surface area contributed by atoms with E-state index in [1.807, 2.05) is 14.1 Å². The molecule has 0 saturated carbocycles. The second kappa shape index (κ2) is 5.91. The standard InChI is InChI=1S/C11H17N5O3/c1-15(2)11-12-3-9-10(14-11)16(6-13-9)7-19-8(4-17)5-18/h3,6,8,17-18H,4-5,7H2,1-2H3. The maximum absolute atomic E-state index is 8.94. The average molecular weight is 267 g/mol. The van der Waals surface area contributed by atoms with Gasteiger partial charge in [0, 0.05) is 14.1 Å². The summed E-state index contributed by atoms with van der Waals surface area (Å²) in [4.78, 5) is 14.5. The molecule has 0 aliphatic rings. The highest BCUT2D eigenvalue weighted by Crippen LogP contribution is 2.13. The number of hydrogen-bond donors (Lipinski definition) is 2. The summed E-state index contributed by atoms with van der Waals surface area (Å²) in [5.74, 6) is 0.579. The van der Waals surface area contributed by atoms with E-state index in [1.54, 1.807) is 22.0 Å². The minimum atomic E-state index is -0.604. The van der Waals surface area contributed by atoms with Gasteiger partial charge >= 0.3 is 0 Å². The summed E-state index contributed by atoms with van der Waals surface area (Å²) in [7, 11) is 3.71. The fraction of sp³-hybridized carbons (Fsp3) is 0.545. The molecule has 2 N–H and O–H groups in total. The van der Waals surface area contributed by atoms with Gasteiger partial charge in [0.25, 0.3) is 0 Å². The summed E-state index contributed by atoms with van der Waals surface area (Å²) < 4.78 is 7.04. The Morgan fingerprint density at radius 3 is 2.68 bits per heavy atom. The minimum Gasteiger partial charge on any atom is -0.394 e. The molecule has 2 rings (SSSR count). The smallest absolute Gasteiger partial charge is 0.226 e. The zero-order valence-corrected chi connectivity index (χ0v) is 10.9. The Morgan fingerprint density at radius 2 is 2.05 bits per heavy atom. The summed E-state index contributed by atoms with van der Waals surface area (Å²) in [6.45, 7) is -0.311. The second-order valence-corrected chi connectivity index (χ2v) is 4.27. The lowest BCUT2D eigenvalue weighted by Crippen LogP contribution is -2.23. The Morgan fingerprint density at radius 1 is 1.32 bits per heavy atom. The van der Waals surface area contributed by atoms with Crippen molar-refractivity contribution in [2.75, 3.05) is 32.2 Å². The number of anilines is 1. The first-order valence-electron chi connectivity index (χ1n) is 5.84. The van der Waals surface area contributed by atoms with Gasteiger partial charge in [-0.25, -0.2) is 9.97 Å². The average Bonchev–Trinajstić information content (AvgIpc) is 2.82. The monoisotopic (exact) mass is 267 g/mol. The van der Waals surface area contributed by atoms with Crippen LogP contribution in [0.2, 0.25) is 0 Å². The highest BCUT2D eigenvalue weighted by Gasteiger charge is 2.10. The van der Waals surface area contributed by atoms with Gasteiger partial charge in [0.1, 0.15) is 18.4 Å². The lowest BCUT2D eigenvalue weighted by Gasteiger charge is -2.13. The third kappa shape index (κ3) is 2.98. The molecule has 0 aliphatic heterocycles. The largest absolute Gasteiger partial charge is 0.394 e. The fourth-order valence-corrected chi connectivity index (χ4v) is 1.51. The van der Waals surface area contributed by atoms with E-state index in [9.17, 15) is 0 Å². The van der Waals surface area contributed by atoms with Gasteiger partial charge in [-0.1, -0.05) is 0 Å². The van der Waals surface area contributed by atoms with Crippen molar-refractivity contribution in [3.05, 3.63) is 12.5 Å². The zero-order chi connectivity index (χ0) is 13.8. The predicted molar refractivity (Wildman–Crippen MR) is 68.7 cm³/mol. The van der Waals surface area contributed by atoms with E-state index in [1.165, 1.54) is 0 Å². The molecule has 0 radical (unpaired) electrons. The molecule has 0 amide bonds. The van der Waals surface area contributed by atoms with Gasteiger partial charge in [-0.05, 0) is 0 Å². The molecule has 8 nitrogen and oxygen atoms in total. The zero-order valence-electron chi connectivity index (χ0n) is 10.9. The summed E-state index contributed by atoms with van der Waals surface area (Å²) in [6, 6.07) is 0. The first-order chi connectivity index (χ1) is 9.15. The third-order valence-electron chi connectivity index (χ3n) is 2.60. The van der Waals surface area contributed by atoms with E-state index in [0.717, 1.165) is 0 Å². The van der Waals surface area contributed by atoms with Gasteiger partial charge in [0.05, 0.1) is 25.7 Å². The summed E-state index contributed by atoms with van der Waals surface area (Å²) in [6.07, 6.45) is 2.63. The van der Waals surface area contributed by atoms with Crippen molar-refractivity contribution in [2.24, 2.45) is 0 Å². The molecule has 0 spiro atoms. The molecule has 0 bridgehead atoms. The van der Waals surface area contributed by atoms with E-state index in [4.69, 9.17) is 14.9 Å². The van der Waals surface area contributed by atoms with Crippen LogP contribution in [-0.2, 0) is 11.5 Å². The van der Waals surface area contributed by atoms with Crippen molar-refractivity contribution in [3.63, 3.8) is 0 Å². The van der Waals surface area contributed by atoms with Gasteiger partial charge in [-0.2, -0.15) is 4.98 Å². The van der Waals surface area contributed by atoms with Crippen LogP contribution in [0.15, 0.2) is 12.5 Å². The van der Waals surface area contributed by atoms with Crippen molar-refractivity contribution < 1.29 is 14.9 Å². The summed E-state index contributed by atoms with van der Waals surface area (Å²) in [5, 5.41) is 17.9. The van der Waals surface area contributed by atoms with E-state index < -0.39 is 6.10 Å². The molecule has 2 aromatic heterocycles. The highest BCUT2D eigenvalue weighted by molar-refractivity contribution is 5.70. The van der Waals surface area contributed by atoms with Crippen LogP contribution in [0, 0.1) is 0 Å². The molecule has 0 aromatic carbocycles. The first-order valence-corrected chi connectivity index (χ1v) is 5.84. The highest BCUT2D eigenvalue weighted by atomic mass is 16.5. The van der Waals surface area contributed by atoms with Gasteiger partial charge in [-0.15, -0.1) is 0 Å². The van der Waals surface area contributed by atoms with Crippen LogP contribution < -0.4 is 4.90 Å². The van der Waals surface area contributed by atoms with E-state index in [2.05, 4.69) is 15.0 Å². The maximum atomic E-state index is 8.94. The Bertz CT molecular complexity index is 538. The van der Waals surface area contributed by atoms with Gasteiger partial charge in [-0.3, -0.25) is 4.57 Å². The molecular formula is C11H17N5O3. The van der Waals surface area contributed by atoms with E-state index in [-0.39, 0.29) is 19.9 Å². The number of aromatic nitrogens is 4. The molecule has 0 unspecified atom stereocenters. The van der Waals surface area contributed by atoms with Gasteiger partial charge < -0.3 is 19.8 Å². The normalized spacial score (nSPS) is 11.4. The molecule has 0 fully saturated rings. The number of aliphatic hydroxyl groups excluding tert-OH is 2. The van der Waals surface area contributed by atoms with Crippen LogP contribution in [0.25, 0.3) is 11.2 Å². The Hall–Kier alpha value is -1.77. The summed E-state index contributed by atoms with van der Waals surface area (Å²) >= 11 is 0. The number of rotatable bonds is 6. The van der Waals surface area contributed by atoms with Crippen molar-refractivity contribution >= 4 is 17.1 Å². The molecule has 8 heteroatoms. The van der Waals surface area contributed by atoms with Crippen LogP contribution in [0.4, 0.5) is 5.95 Å². The number of aliphatic hydroxyl groups is 2. The van der Waals surface area contributed by atoms with Crippen LogP contribution in [0.5, 0.6) is 0 Å². The lowest BCUT2D eigenvalue weighted by atomic mass is 10.4. The Labute approximate surface area is 110 Å². The predicted octanol–water partition coefficient (Wildman–Crippen LogP) is -0.780. The molecular weight excluding hydrogens is 250 g/mol. The van der Waals surface area contributed by atoms with Crippen LogP contribution in [0.3, 0.4) is 0 Å². The van der Waals surface area contributed by atoms with Crippen molar-refractivity contribution in [1.29, 1.82) is 0 Å². The van der Waals surface area contributed by atoms with Gasteiger partial charge in [0.2, 0.25) is 5.95 Å². The molecule has 2 aromatic rings. The molecule has 104 valence electrons. The Kier molecular flexibility index (Phi) is 4.25. The first kappa shape index (κ1) is 13.7. The summed E-state index contributed by atoms with van der Waals surface area (Å²) in [5.41, 5.74) is 1.31. The number of fused-ring (bicyclic) bond motifs is 1. The minimum absolute atomic E-state index is 0.159. The second-order valence-electron chi connectivity index (χ2n) is 4.27. The van der Waals surface area contributed by atoms with E-state index in [0.29, 0.717) is 17.1 Å². The molecule has 0 aliphatic carbocycles. The topological polar surface area (TPSA) is 96.5 Å². The number of imidazole rings is 1. The quantitative estimate of drug-likeness (QED) is 0.708. The Balaban J connectivity index is 2.21. The maximum Gasteiger partial charge on any atom is 0.226 e. The fourth-order valence-electron chi connectivity index (χ4n) is 1.51. The van der Waals surface area contributed by atoms with Crippen LogP contribution >= 0.6 is 0 Å². The third-order valence-corrected chi connectivity index (χ3v) is 2.60. The molecule has 2 heterocycles. The van der Waals surface area contributed by atoms with Crippen molar-refractivity contribution in [3.8, 4) is 0 Å². The van der Waals surface area contributed by atoms with Crippen LogP contribution in [-0.4, -0.2) is 63.1 Å². The van der Waals surface area contributed by atoms with Crippen molar-refractivity contribution in [2.45, 2.75) is 12.8 Å². The molecule has 0 saturated heterocycles. The lowest BCUT2D eigenvalue weighted by molar-refractivity contribution is -0.0488. The van der Waals surface area contributed by atoms with Crippen LogP contribution in [0.1, 0.15) is 0 Å². The van der Waals surface area contributed by atoms with Gasteiger partial charge in [0.15, 0.2) is 5.65 Å². The number of hydrogen-bond acceptors (Lipinski definition) is 7. The SMILES string of the molecule is CN(C)c1ncc2ncn(COC(CO)CO)c2n1. The molecule has 0 atom stereocenters.